The third kappa shape index (κ3) is 3.76. The van der Waals surface area contributed by atoms with Crippen molar-refractivity contribution < 1.29 is 23.0 Å². The number of hydrogen-bond acceptors (Lipinski definition) is 4. The molecule has 0 aliphatic rings. The third-order valence-electron chi connectivity index (χ3n) is 3.94. The smallest absolute Gasteiger partial charge is 0.164 e. The van der Waals surface area contributed by atoms with Crippen LogP contribution in [0.2, 0.25) is 0 Å². The van der Waals surface area contributed by atoms with Crippen LogP contribution in [0.1, 0.15) is 17.0 Å². The molecule has 0 spiro atoms. The van der Waals surface area contributed by atoms with E-state index in [9.17, 15) is 8.78 Å². The Labute approximate surface area is 140 Å². The molecule has 0 amide bonds. The maximum atomic E-state index is 14.1. The van der Waals surface area contributed by atoms with Crippen molar-refractivity contribution in [3.05, 3.63) is 53.1 Å². The molecule has 0 heterocycles. The molecule has 0 radical (unpaired) electrons. The number of methoxy groups -OCH3 is 3. The van der Waals surface area contributed by atoms with Crippen molar-refractivity contribution in [3.63, 3.8) is 0 Å². The van der Waals surface area contributed by atoms with E-state index < -0.39 is 11.6 Å². The van der Waals surface area contributed by atoms with Crippen LogP contribution in [0.3, 0.4) is 0 Å². The molecule has 1 unspecified atom stereocenters. The molecule has 24 heavy (non-hydrogen) atoms. The molecule has 0 saturated carbocycles. The van der Waals surface area contributed by atoms with Gasteiger partial charge in [-0.15, -0.1) is 0 Å². The summed E-state index contributed by atoms with van der Waals surface area (Å²) in [5.74, 6) is 0.130. The van der Waals surface area contributed by atoms with Gasteiger partial charge in [-0.05, 0) is 36.2 Å². The van der Waals surface area contributed by atoms with Gasteiger partial charge in [0, 0.05) is 18.1 Å². The van der Waals surface area contributed by atoms with Crippen molar-refractivity contribution in [1.29, 1.82) is 0 Å². The second-order valence-electron chi connectivity index (χ2n) is 5.32. The highest BCUT2D eigenvalue weighted by molar-refractivity contribution is 5.51. The molecule has 2 aromatic carbocycles. The zero-order chi connectivity index (χ0) is 17.7. The molecule has 2 N–H and O–H groups in total. The number of hydrogen-bond donors (Lipinski definition) is 1. The Morgan fingerprint density at radius 1 is 0.917 bits per heavy atom. The van der Waals surface area contributed by atoms with Crippen molar-refractivity contribution in [2.45, 2.75) is 12.3 Å². The average Bonchev–Trinajstić information content (AvgIpc) is 2.59. The summed E-state index contributed by atoms with van der Waals surface area (Å²) in [4.78, 5) is 0. The van der Waals surface area contributed by atoms with Crippen LogP contribution in [0.5, 0.6) is 17.2 Å². The minimum absolute atomic E-state index is 0.208. The number of ether oxygens (including phenoxy) is 3. The van der Waals surface area contributed by atoms with E-state index >= 15 is 0 Å². The Hall–Kier alpha value is -2.34. The summed E-state index contributed by atoms with van der Waals surface area (Å²) in [5.41, 5.74) is 6.99. The van der Waals surface area contributed by atoms with Crippen molar-refractivity contribution >= 4 is 0 Å². The summed E-state index contributed by atoms with van der Waals surface area (Å²) >= 11 is 0. The quantitative estimate of drug-likeness (QED) is 0.842. The van der Waals surface area contributed by atoms with Crippen molar-refractivity contribution in [3.8, 4) is 17.2 Å². The molecule has 0 aliphatic heterocycles. The Morgan fingerprint density at radius 3 is 2.08 bits per heavy atom. The Balaban J connectivity index is 2.40. The zero-order valence-corrected chi connectivity index (χ0v) is 13.9. The highest BCUT2D eigenvalue weighted by Gasteiger charge is 2.20. The first-order valence-electron chi connectivity index (χ1n) is 7.47. The number of nitrogens with two attached hydrogens (primary N) is 1. The topological polar surface area (TPSA) is 53.7 Å². The minimum atomic E-state index is -0.615. The summed E-state index contributed by atoms with van der Waals surface area (Å²) in [7, 11) is 4.61. The van der Waals surface area contributed by atoms with Crippen molar-refractivity contribution in [2.75, 3.05) is 27.9 Å². The lowest BCUT2D eigenvalue weighted by Crippen LogP contribution is -2.17. The van der Waals surface area contributed by atoms with Crippen LogP contribution in [-0.2, 0) is 6.42 Å². The third-order valence-corrected chi connectivity index (χ3v) is 3.94. The molecule has 6 heteroatoms. The van der Waals surface area contributed by atoms with Gasteiger partial charge in [0.05, 0.1) is 21.3 Å². The van der Waals surface area contributed by atoms with Gasteiger partial charge in [-0.2, -0.15) is 0 Å². The van der Waals surface area contributed by atoms with Gasteiger partial charge in [-0.3, -0.25) is 0 Å². The number of rotatable bonds is 7. The second kappa shape index (κ2) is 7.97. The summed E-state index contributed by atoms with van der Waals surface area (Å²) < 4.78 is 43.1. The van der Waals surface area contributed by atoms with Crippen LogP contribution in [0.4, 0.5) is 8.78 Å². The van der Waals surface area contributed by atoms with E-state index in [2.05, 4.69) is 0 Å². The first-order chi connectivity index (χ1) is 11.5. The van der Waals surface area contributed by atoms with Crippen LogP contribution in [0.15, 0.2) is 30.3 Å². The van der Waals surface area contributed by atoms with E-state index in [4.69, 9.17) is 19.9 Å². The maximum Gasteiger partial charge on any atom is 0.164 e. The first-order valence-corrected chi connectivity index (χ1v) is 7.47. The fourth-order valence-corrected chi connectivity index (χ4v) is 2.67. The molecular formula is C18H21F2NO3. The molecule has 0 bridgehead atoms. The van der Waals surface area contributed by atoms with Gasteiger partial charge in [0.1, 0.15) is 17.4 Å². The minimum Gasteiger partial charge on any atom is -0.496 e. The Morgan fingerprint density at radius 2 is 1.54 bits per heavy atom. The molecule has 0 fully saturated rings. The van der Waals surface area contributed by atoms with Gasteiger partial charge in [-0.25, -0.2) is 8.78 Å². The molecule has 4 nitrogen and oxygen atoms in total. The normalized spacial score (nSPS) is 11.9. The van der Waals surface area contributed by atoms with Crippen LogP contribution in [-0.4, -0.2) is 27.9 Å². The van der Waals surface area contributed by atoms with Gasteiger partial charge in [0.25, 0.3) is 0 Å². The first kappa shape index (κ1) is 18.0. The maximum absolute atomic E-state index is 14.1. The fourth-order valence-electron chi connectivity index (χ4n) is 2.67. The number of halogens is 2. The van der Waals surface area contributed by atoms with E-state index in [1.54, 1.807) is 19.2 Å². The van der Waals surface area contributed by atoms with Crippen molar-refractivity contribution in [2.24, 2.45) is 5.73 Å². The van der Waals surface area contributed by atoms with Gasteiger partial charge in [0.15, 0.2) is 11.5 Å². The predicted octanol–water partition coefficient (Wildman–Crippen LogP) is 3.28. The average molecular weight is 337 g/mol. The van der Waals surface area contributed by atoms with Gasteiger partial charge < -0.3 is 19.9 Å². The van der Waals surface area contributed by atoms with E-state index in [-0.39, 0.29) is 12.5 Å². The number of benzene rings is 2. The Kier molecular flexibility index (Phi) is 5.98. The van der Waals surface area contributed by atoms with E-state index in [1.807, 2.05) is 0 Å². The van der Waals surface area contributed by atoms with Crippen LogP contribution < -0.4 is 19.9 Å². The lowest BCUT2D eigenvalue weighted by molar-refractivity contribution is 0.347. The molecule has 2 aromatic rings. The lowest BCUT2D eigenvalue weighted by Gasteiger charge is -2.19. The summed E-state index contributed by atoms with van der Waals surface area (Å²) in [6, 6.07) is 7.01. The molecule has 1 atom stereocenters. The summed E-state index contributed by atoms with van der Waals surface area (Å²) in [6.45, 7) is 0.208. The highest BCUT2D eigenvalue weighted by Crippen LogP contribution is 2.37. The van der Waals surface area contributed by atoms with Gasteiger partial charge in [0.2, 0.25) is 0 Å². The Bertz CT molecular complexity index is 707. The SMILES string of the molecule is COc1cc(OC)c(OC)cc1CC(CN)c1ccc(F)cc1F. The molecule has 0 saturated heterocycles. The second-order valence-corrected chi connectivity index (χ2v) is 5.32. The van der Waals surface area contributed by atoms with Crippen LogP contribution in [0, 0.1) is 11.6 Å². The van der Waals surface area contributed by atoms with Crippen LogP contribution in [0.25, 0.3) is 0 Å². The summed E-state index contributed by atoms with van der Waals surface area (Å²) in [6.07, 6.45) is 0.419. The monoisotopic (exact) mass is 337 g/mol. The van der Waals surface area contributed by atoms with Gasteiger partial charge in [-0.1, -0.05) is 6.07 Å². The summed E-state index contributed by atoms with van der Waals surface area (Å²) in [5, 5.41) is 0. The zero-order valence-electron chi connectivity index (χ0n) is 13.9. The highest BCUT2D eigenvalue weighted by atomic mass is 19.1. The lowest BCUT2D eigenvalue weighted by atomic mass is 9.91. The van der Waals surface area contributed by atoms with Gasteiger partial charge >= 0.3 is 0 Å². The standard InChI is InChI=1S/C18H21F2NO3/c1-22-16-9-18(24-3)17(23-2)7-11(16)6-12(10-21)14-5-4-13(19)8-15(14)20/h4-5,7-9,12H,6,10,21H2,1-3H3. The van der Waals surface area contributed by atoms with E-state index in [0.29, 0.717) is 29.2 Å². The predicted molar refractivity (Wildman–Crippen MR) is 88.0 cm³/mol. The van der Waals surface area contributed by atoms with E-state index in [1.165, 1.54) is 26.4 Å². The van der Waals surface area contributed by atoms with Crippen molar-refractivity contribution in [1.82, 2.24) is 0 Å². The molecule has 130 valence electrons. The largest absolute Gasteiger partial charge is 0.496 e. The molecule has 0 aliphatic carbocycles. The fraction of sp³-hybridized carbons (Fsp3) is 0.333. The molecule has 2 rings (SSSR count). The molecular weight excluding hydrogens is 316 g/mol. The molecule has 0 aromatic heterocycles. The van der Waals surface area contributed by atoms with E-state index in [0.717, 1.165) is 11.6 Å². The van der Waals surface area contributed by atoms with Crippen LogP contribution >= 0.6 is 0 Å².